The molecule has 0 N–H and O–H groups in total. The van der Waals surface area contributed by atoms with E-state index in [-0.39, 0.29) is 0 Å². The van der Waals surface area contributed by atoms with E-state index in [0.29, 0.717) is 36.2 Å². The highest BCUT2D eigenvalue weighted by molar-refractivity contribution is 6.24. The van der Waals surface area contributed by atoms with Crippen molar-refractivity contribution in [2.75, 3.05) is 33.0 Å². The molecule has 0 aromatic heterocycles. The van der Waals surface area contributed by atoms with Crippen LogP contribution in [0.4, 0.5) is 0 Å². The van der Waals surface area contributed by atoms with Gasteiger partial charge in [0.05, 0.1) is 26.4 Å². The molecule has 2 radical (unpaired) electrons. The second-order valence-corrected chi connectivity index (χ2v) is 2.97. The predicted octanol–water partition coefficient (Wildman–Crippen LogP) is 1.11. The molecule has 0 aliphatic rings. The molecule has 0 bridgehead atoms. The van der Waals surface area contributed by atoms with E-state index in [9.17, 15) is 0 Å². The second-order valence-electron chi connectivity index (χ2n) is 2.28. The van der Waals surface area contributed by atoms with Crippen molar-refractivity contribution in [2.45, 2.75) is 19.9 Å². The molecular formula is C8H18O3Si. The van der Waals surface area contributed by atoms with Crippen LogP contribution in [-0.4, -0.2) is 42.8 Å². The van der Waals surface area contributed by atoms with Crippen LogP contribution in [0.25, 0.3) is 0 Å². The average Bonchev–Trinajstić information content (AvgIpc) is 2.10. The van der Waals surface area contributed by atoms with E-state index < -0.39 is 0 Å². The molecule has 0 aliphatic heterocycles. The molecule has 0 saturated carbocycles. The number of rotatable bonds is 9. The van der Waals surface area contributed by atoms with Crippen LogP contribution < -0.4 is 0 Å². The Morgan fingerprint density at radius 2 is 1.50 bits per heavy atom. The molecule has 0 saturated heterocycles. The van der Waals surface area contributed by atoms with E-state index in [1.807, 2.05) is 6.55 Å². The Hall–Kier alpha value is 0.0969. The fraction of sp³-hybridized carbons (Fsp3) is 1.00. The van der Waals surface area contributed by atoms with Crippen molar-refractivity contribution in [3.63, 3.8) is 0 Å². The normalized spacial score (nSPS) is 10.5. The summed E-state index contributed by atoms with van der Waals surface area (Å²) in [6.45, 7) is 7.68. The van der Waals surface area contributed by atoms with Gasteiger partial charge in [-0.15, -0.1) is 0 Å². The summed E-state index contributed by atoms with van der Waals surface area (Å²) in [4.78, 5) is 0. The fourth-order valence-corrected chi connectivity index (χ4v) is 0.956. The highest BCUT2D eigenvalue weighted by Crippen LogP contribution is 1.82. The Labute approximate surface area is 77.3 Å². The molecule has 12 heavy (non-hydrogen) atoms. The maximum absolute atomic E-state index is 5.24. The molecule has 72 valence electrons. The molecule has 0 aromatic rings. The van der Waals surface area contributed by atoms with E-state index in [0.717, 1.165) is 13.0 Å². The van der Waals surface area contributed by atoms with Crippen LogP contribution in [0.3, 0.4) is 0 Å². The number of ether oxygens (including phenoxy) is 2. The van der Waals surface area contributed by atoms with E-state index in [4.69, 9.17) is 13.9 Å². The van der Waals surface area contributed by atoms with Crippen molar-refractivity contribution >= 4 is 9.76 Å². The van der Waals surface area contributed by atoms with Gasteiger partial charge in [0.15, 0.2) is 0 Å². The Kier molecular flexibility index (Phi) is 11.2. The van der Waals surface area contributed by atoms with E-state index in [1.165, 1.54) is 0 Å². The molecule has 0 aliphatic carbocycles. The third kappa shape index (κ3) is 10.1. The van der Waals surface area contributed by atoms with Crippen molar-refractivity contribution in [2.24, 2.45) is 0 Å². The zero-order valence-electron chi connectivity index (χ0n) is 7.97. The number of hydrogen-bond acceptors (Lipinski definition) is 3. The summed E-state index contributed by atoms with van der Waals surface area (Å²) < 4.78 is 15.6. The maximum atomic E-state index is 5.24. The molecule has 4 heteroatoms. The molecule has 0 amide bonds. The summed E-state index contributed by atoms with van der Waals surface area (Å²) in [5, 5.41) is 0. The largest absolute Gasteiger partial charge is 0.415 e. The van der Waals surface area contributed by atoms with Crippen LogP contribution >= 0.6 is 0 Å². The minimum atomic E-state index is 0.559. The van der Waals surface area contributed by atoms with Crippen molar-refractivity contribution in [1.29, 1.82) is 0 Å². The lowest BCUT2D eigenvalue weighted by molar-refractivity contribution is 0.0371. The minimum Gasteiger partial charge on any atom is -0.415 e. The molecule has 0 unspecified atom stereocenters. The van der Waals surface area contributed by atoms with Gasteiger partial charge in [-0.3, -0.25) is 0 Å². The molecule has 3 nitrogen and oxygen atoms in total. The summed E-state index contributed by atoms with van der Waals surface area (Å²) in [5.41, 5.74) is 0. The third-order valence-electron chi connectivity index (χ3n) is 1.19. The van der Waals surface area contributed by atoms with Gasteiger partial charge in [-0.1, -0.05) is 6.92 Å². The molecule has 0 atom stereocenters. The highest BCUT2D eigenvalue weighted by Gasteiger charge is 1.88. The Bertz CT molecular complexity index is 70.7. The lowest BCUT2D eigenvalue weighted by Gasteiger charge is -2.04. The summed E-state index contributed by atoms with van der Waals surface area (Å²) in [5.74, 6) is 0. The first-order valence-electron chi connectivity index (χ1n) is 4.35. The lowest BCUT2D eigenvalue weighted by atomic mass is 10.5. The lowest BCUT2D eigenvalue weighted by Crippen LogP contribution is -2.10. The van der Waals surface area contributed by atoms with Crippen LogP contribution in [0.15, 0.2) is 0 Å². The smallest absolute Gasteiger partial charge is 0.226 e. The highest BCUT2D eigenvalue weighted by atomic mass is 28.2. The molecule has 0 rings (SSSR count). The second kappa shape index (κ2) is 11.1. The van der Waals surface area contributed by atoms with Gasteiger partial charge in [0.1, 0.15) is 0 Å². The average molecular weight is 190 g/mol. The van der Waals surface area contributed by atoms with Crippen LogP contribution in [-0.2, 0) is 13.9 Å². The van der Waals surface area contributed by atoms with Crippen molar-refractivity contribution in [1.82, 2.24) is 0 Å². The number of hydrogen-bond donors (Lipinski definition) is 0. The van der Waals surface area contributed by atoms with Crippen LogP contribution in [0.2, 0.25) is 6.55 Å². The van der Waals surface area contributed by atoms with Crippen molar-refractivity contribution < 1.29 is 13.9 Å². The van der Waals surface area contributed by atoms with Gasteiger partial charge >= 0.3 is 0 Å². The van der Waals surface area contributed by atoms with Crippen LogP contribution in [0.1, 0.15) is 13.3 Å². The van der Waals surface area contributed by atoms with Gasteiger partial charge in [0.25, 0.3) is 0 Å². The van der Waals surface area contributed by atoms with Crippen LogP contribution in [0, 0.1) is 0 Å². The zero-order valence-corrected chi connectivity index (χ0v) is 8.97. The van der Waals surface area contributed by atoms with Gasteiger partial charge in [-0.05, 0) is 13.0 Å². The Balaban J connectivity index is 2.73. The SMILES string of the molecule is CCCOCCOCCO[Si]C. The van der Waals surface area contributed by atoms with Gasteiger partial charge in [0, 0.05) is 6.61 Å². The molecule has 0 aromatic carbocycles. The van der Waals surface area contributed by atoms with Gasteiger partial charge in [-0.2, -0.15) is 0 Å². The molecule has 0 fully saturated rings. The Morgan fingerprint density at radius 3 is 2.08 bits per heavy atom. The van der Waals surface area contributed by atoms with E-state index in [1.54, 1.807) is 0 Å². The van der Waals surface area contributed by atoms with E-state index >= 15 is 0 Å². The first kappa shape index (κ1) is 12.1. The topological polar surface area (TPSA) is 27.7 Å². The maximum Gasteiger partial charge on any atom is 0.226 e. The first-order valence-corrected chi connectivity index (χ1v) is 5.76. The zero-order chi connectivity index (χ0) is 9.07. The standard InChI is InChI=1S/C8H18O3Si/c1-3-4-9-5-6-10-7-8-11-12-2/h3-8H2,1-2H3. The third-order valence-corrected chi connectivity index (χ3v) is 1.69. The minimum absolute atomic E-state index is 0.559. The first-order chi connectivity index (χ1) is 5.91. The summed E-state index contributed by atoms with van der Waals surface area (Å²) >= 11 is 0. The quantitative estimate of drug-likeness (QED) is 0.403. The fourth-order valence-electron chi connectivity index (χ4n) is 0.669. The Morgan fingerprint density at radius 1 is 0.917 bits per heavy atom. The predicted molar refractivity (Wildman–Crippen MR) is 49.5 cm³/mol. The monoisotopic (exact) mass is 190 g/mol. The van der Waals surface area contributed by atoms with E-state index in [2.05, 4.69) is 6.92 Å². The van der Waals surface area contributed by atoms with Crippen molar-refractivity contribution in [3.05, 3.63) is 0 Å². The summed E-state index contributed by atoms with van der Waals surface area (Å²) in [6, 6.07) is 0. The molecule has 0 spiro atoms. The molecule has 0 heterocycles. The van der Waals surface area contributed by atoms with Gasteiger partial charge in [-0.25, -0.2) is 0 Å². The molecular weight excluding hydrogens is 172 g/mol. The van der Waals surface area contributed by atoms with Gasteiger partial charge < -0.3 is 13.9 Å². The van der Waals surface area contributed by atoms with Crippen LogP contribution in [0.5, 0.6) is 0 Å². The summed E-state index contributed by atoms with van der Waals surface area (Å²) in [6.07, 6.45) is 1.07. The van der Waals surface area contributed by atoms with Gasteiger partial charge in [0.2, 0.25) is 9.76 Å². The van der Waals surface area contributed by atoms with Crippen molar-refractivity contribution in [3.8, 4) is 0 Å². The summed E-state index contributed by atoms with van der Waals surface area (Å²) in [7, 11) is 0.559.